The summed E-state index contributed by atoms with van der Waals surface area (Å²) in [5.41, 5.74) is 1.52. The van der Waals surface area contributed by atoms with Crippen molar-refractivity contribution in [2.45, 2.75) is 6.61 Å². The summed E-state index contributed by atoms with van der Waals surface area (Å²) in [6.45, 7) is 0.364. The minimum atomic E-state index is -0.556. The molecule has 0 aliphatic carbocycles. The SMILES string of the molecule is O=c1cc(-c2cc3ccccc3oc2=O)c2ccc(OCc3cccc(Br)c3)cc2o1. The van der Waals surface area contributed by atoms with Crippen molar-refractivity contribution in [3.8, 4) is 16.9 Å². The number of halogens is 1. The Kier molecular flexibility index (Phi) is 4.92. The number of ether oxygens (including phenoxy) is 1. The van der Waals surface area contributed by atoms with E-state index in [1.54, 1.807) is 36.4 Å². The molecule has 5 rings (SSSR count). The van der Waals surface area contributed by atoms with E-state index in [2.05, 4.69) is 15.9 Å². The van der Waals surface area contributed by atoms with Gasteiger partial charge in [-0.2, -0.15) is 0 Å². The van der Waals surface area contributed by atoms with E-state index in [9.17, 15) is 9.59 Å². The molecule has 31 heavy (non-hydrogen) atoms. The van der Waals surface area contributed by atoms with Gasteiger partial charge in [-0.3, -0.25) is 0 Å². The summed E-state index contributed by atoms with van der Waals surface area (Å²) in [5, 5.41) is 1.39. The number of para-hydroxylation sites is 1. The molecular formula is C25H15BrO5. The number of rotatable bonds is 4. The van der Waals surface area contributed by atoms with Gasteiger partial charge in [-0.25, -0.2) is 9.59 Å². The second-order valence-corrected chi connectivity index (χ2v) is 7.96. The van der Waals surface area contributed by atoms with E-state index in [1.165, 1.54) is 6.07 Å². The first kappa shape index (κ1) is 19.3. The summed E-state index contributed by atoms with van der Waals surface area (Å²) in [6.07, 6.45) is 0. The summed E-state index contributed by atoms with van der Waals surface area (Å²) in [5.74, 6) is 0.554. The molecule has 152 valence electrons. The molecule has 0 unspecified atom stereocenters. The predicted molar refractivity (Wildman–Crippen MR) is 122 cm³/mol. The standard InChI is InChI=1S/C25H15BrO5/c26-17-6-3-4-15(10-17)14-29-18-8-9-19-20(13-24(27)30-23(19)12-18)21-11-16-5-1-2-7-22(16)31-25(21)28/h1-13H,14H2. The Labute approximate surface area is 184 Å². The van der Waals surface area contributed by atoms with E-state index in [4.69, 9.17) is 13.6 Å². The van der Waals surface area contributed by atoms with E-state index in [0.717, 1.165) is 15.4 Å². The van der Waals surface area contributed by atoms with Crippen LogP contribution in [0.15, 0.2) is 102 Å². The van der Waals surface area contributed by atoms with Crippen molar-refractivity contribution in [2.24, 2.45) is 0 Å². The summed E-state index contributed by atoms with van der Waals surface area (Å²) in [4.78, 5) is 24.8. The topological polar surface area (TPSA) is 69.7 Å². The average molecular weight is 475 g/mol. The molecule has 0 amide bonds. The minimum Gasteiger partial charge on any atom is -0.489 e. The molecule has 0 aliphatic rings. The number of hydrogen-bond donors (Lipinski definition) is 0. The lowest BCUT2D eigenvalue weighted by molar-refractivity contribution is 0.306. The second-order valence-electron chi connectivity index (χ2n) is 7.04. The zero-order chi connectivity index (χ0) is 21.4. The lowest BCUT2D eigenvalue weighted by atomic mass is 10.0. The molecule has 0 spiro atoms. The van der Waals surface area contributed by atoms with Crippen molar-refractivity contribution in [1.29, 1.82) is 0 Å². The molecule has 2 aromatic heterocycles. The molecule has 0 saturated heterocycles. The molecule has 0 bridgehead atoms. The van der Waals surface area contributed by atoms with Crippen molar-refractivity contribution < 1.29 is 13.6 Å². The predicted octanol–water partition coefficient (Wildman–Crippen LogP) is 5.91. The van der Waals surface area contributed by atoms with E-state index in [0.29, 0.717) is 40.0 Å². The van der Waals surface area contributed by atoms with Crippen LogP contribution in [0.4, 0.5) is 0 Å². The van der Waals surface area contributed by atoms with Crippen molar-refractivity contribution >= 4 is 37.9 Å². The van der Waals surface area contributed by atoms with Crippen LogP contribution in [0.3, 0.4) is 0 Å². The van der Waals surface area contributed by atoms with Crippen molar-refractivity contribution in [1.82, 2.24) is 0 Å². The largest absolute Gasteiger partial charge is 0.489 e. The van der Waals surface area contributed by atoms with Gasteiger partial charge >= 0.3 is 11.3 Å². The molecule has 5 nitrogen and oxygen atoms in total. The molecule has 0 saturated carbocycles. The third kappa shape index (κ3) is 3.90. The molecular weight excluding hydrogens is 460 g/mol. The fourth-order valence-corrected chi connectivity index (χ4v) is 3.95. The molecule has 2 heterocycles. The fourth-order valence-electron chi connectivity index (χ4n) is 3.50. The van der Waals surface area contributed by atoms with Gasteiger partial charge in [-0.05, 0) is 42.0 Å². The van der Waals surface area contributed by atoms with Crippen LogP contribution in [0.5, 0.6) is 5.75 Å². The minimum absolute atomic E-state index is 0.305. The van der Waals surface area contributed by atoms with Gasteiger partial charge in [0.05, 0.1) is 5.56 Å². The Balaban J connectivity index is 1.57. The highest BCUT2D eigenvalue weighted by Gasteiger charge is 2.14. The second kappa shape index (κ2) is 7.89. The van der Waals surface area contributed by atoms with Gasteiger partial charge in [0.1, 0.15) is 23.5 Å². The van der Waals surface area contributed by atoms with Crippen molar-refractivity contribution in [3.05, 3.63) is 110 Å². The highest BCUT2D eigenvalue weighted by atomic mass is 79.9. The maximum absolute atomic E-state index is 12.6. The summed E-state index contributed by atoms with van der Waals surface area (Å²) in [7, 11) is 0. The molecule has 0 aliphatic heterocycles. The van der Waals surface area contributed by atoms with Crippen LogP contribution in [0.25, 0.3) is 33.1 Å². The van der Waals surface area contributed by atoms with Crippen molar-refractivity contribution in [3.63, 3.8) is 0 Å². The Morgan fingerprint density at radius 3 is 2.52 bits per heavy atom. The van der Waals surface area contributed by atoms with E-state index < -0.39 is 11.3 Å². The zero-order valence-electron chi connectivity index (χ0n) is 16.1. The smallest absolute Gasteiger partial charge is 0.344 e. The Bertz CT molecular complexity index is 1550. The monoisotopic (exact) mass is 474 g/mol. The van der Waals surface area contributed by atoms with Crippen LogP contribution in [-0.4, -0.2) is 0 Å². The maximum atomic E-state index is 12.6. The first-order chi connectivity index (χ1) is 15.1. The van der Waals surface area contributed by atoms with Gasteiger partial charge in [0.25, 0.3) is 0 Å². The maximum Gasteiger partial charge on any atom is 0.344 e. The van der Waals surface area contributed by atoms with Crippen LogP contribution in [-0.2, 0) is 6.61 Å². The van der Waals surface area contributed by atoms with Gasteiger partial charge in [0.2, 0.25) is 0 Å². The first-order valence-electron chi connectivity index (χ1n) is 9.55. The first-order valence-corrected chi connectivity index (χ1v) is 10.3. The third-order valence-electron chi connectivity index (χ3n) is 4.94. The quantitative estimate of drug-likeness (QED) is 0.303. The Hall–Kier alpha value is -3.64. The molecule has 3 aromatic carbocycles. The van der Waals surface area contributed by atoms with Crippen LogP contribution in [0.1, 0.15) is 5.56 Å². The molecule has 0 fully saturated rings. The molecule has 0 N–H and O–H groups in total. The van der Waals surface area contributed by atoms with Crippen molar-refractivity contribution in [2.75, 3.05) is 0 Å². The van der Waals surface area contributed by atoms with Crippen LogP contribution >= 0.6 is 15.9 Å². The third-order valence-corrected chi connectivity index (χ3v) is 5.44. The summed E-state index contributed by atoms with van der Waals surface area (Å²) >= 11 is 3.44. The number of hydrogen-bond acceptors (Lipinski definition) is 5. The van der Waals surface area contributed by atoms with Gasteiger partial charge in [0, 0.05) is 32.9 Å². The highest BCUT2D eigenvalue weighted by Crippen LogP contribution is 2.30. The molecule has 0 radical (unpaired) electrons. The molecule has 5 aromatic rings. The lowest BCUT2D eigenvalue weighted by Gasteiger charge is -2.09. The van der Waals surface area contributed by atoms with Gasteiger partial charge in [0.15, 0.2) is 0 Å². The average Bonchev–Trinajstić information content (AvgIpc) is 2.76. The Morgan fingerprint density at radius 2 is 1.65 bits per heavy atom. The van der Waals surface area contributed by atoms with Gasteiger partial charge < -0.3 is 13.6 Å². The van der Waals surface area contributed by atoms with Crippen LogP contribution in [0, 0.1) is 0 Å². The molecule has 0 atom stereocenters. The summed E-state index contributed by atoms with van der Waals surface area (Å²) < 4.78 is 17.7. The number of benzene rings is 3. The fraction of sp³-hybridized carbons (Fsp3) is 0.0400. The zero-order valence-corrected chi connectivity index (χ0v) is 17.7. The van der Waals surface area contributed by atoms with E-state index in [-0.39, 0.29) is 0 Å². The van der Waals surface area contributed by atoms with E-state index in [1.807, 2.05) is 36.4 Å². The van der Waals surface area contributed by atoms with Crippen LogP contribution < -0.4 is 16.0 Å². The van der Waals surface area contributed by atoms with Gasteiger partial charge in [-0.15, -0.1) is 0 Å². The van der Waals surface area contributed by atoms with Crippen LogP contribution in [0.2, 0.25) is 0 Å². The Morgan fingerprint density at radius 1 is 0.774 bits per heavy atom. The van der Waals surface area contributed by atoms with E-state index >= 15 is 0 Å². The summed E-state index contributed by atoms with van der Waals surface area (Å²) in [6, 6.07) is 23.3. The molecule has 6 heteroatoms. The van der Waals surface area contributed by atoms with Gasteiger partial charge in [-0.1, -0.05) is 46.3 Å². The highest BCUT2D eigenvalue weighted by molar-refractivity contribution is 9.10. The normalized spacial score (nSPS) is 11.1. The number of fused-ring (bicyclic) bond motifs is 2. The lowest BCUT2D eigenvalue weighted by Crippen LogP contribution is -2.06.